The van der Waals surface area contributed by atoms with Gasteiger partial charge in [0.1, 0.15) is 6.54 Å². The number of sulfonamides is 1. The number of hydrogen-bond donors (Lipinski definition) is 2. The highest BCUT2D eigenvalue weighted by Crippen LogP contribution is 2.19. The highest BCUT2D eigenvalue weighted by atomic mass is 32.2. The van der Waals surface area contributed by atoms with Crippen molar-refractivity contribution < 1.29 is 32.3 Å². The van der Waals surface area contributed by atoms with Gasteiger partial charge in [0.15, 0.2) is 6.61 Å². The SMILES string of the molecule is CC(C)CCC(=O)NCC(=O)OCC(=O)Nc1ccc(S(=O)(=O)N2CCOCC2)cc1. The van der Waals surface area contributed by atoms with E-state index in [0.29, 0.717) is 44.3 Å². The normalized spacial score (nSPS) is 14.8. The maximum Gasteiger partial charge on any atom is 0.325 e. The molecular formula is C20H29N3O7S. The summed E-state index contributed by atoms with van der Waals surface area (Å²) in [6.07, 6.45) is 1.04. The minimum Gasteiger partial charge on any atom is -0.454 e. The Morgan fingerprint density at radius 3 is 2.35 bits per heavy atom. The van der Waals surface area contributed by atoms with Crippen molar-refractivity contribution in [2.75, 3.05) is 44.8 Å². The quantitative estimate of drug-likeness (QED) is 0.498. The Morgan fingerprint density at radius 2 is 1.74 bits per heavy atom. The Bertz CT molecular complexity index is 863. The number of rotatable bonds is 10. The van der Waals surface area contributed by atoms with E-state index in [9.17, 15) is 22.8 Å². The smallest absolute Gasteiger partial charge is 0.325 e. The van der Waals surface area contributed by atoms with Crippen LogP contribution in [0.5, 0.6) is 0 Å². The van der Waals surface area contributed by atoms with Crippen LogP contribution in [-0.2, 0) is 33.9 Å². The number of esters is 1. The van der Waals surface area contributed by atoms with Crippen molar-refractivity contribution in [3.63, 3.8) is 0 Å². The first-order valence-electron chi connectivity index (χ1n) is 10.1. The number of carbonyl (C=O) groups is 3. The van der Waals surface area contributed by atoms with E-state index in [1.165, 1.54) is 28.6 Å². The molecule has 1 saturated heterocycles. The summed E-state index contributed by atoms with van der Waals surface area (Å²) in [6.45, 7) is 4.47. The second-order valence-corrected chi connectivity index (χ2v) is 9.40. The fourth-order valence-corrected chi connectivity index (χ4v) is 4.13. The zero-order valence-corrected chi connectivity index (χ0v) is 18.6. The molecule has 10 nitrogen and oxygen atoms in total. The summed E-state index contributed by atoms with van der Waals surface area (Å²) >= 11 is 0. The molecule has 11 heteroatoms. The van der Waals surface area contributed by atoms with Gasteiger partial charge in [0.25, 0.3) is 5.91 Å². The standard InChI is InChI=1S/C20H29N3O7S/c1-15(2)3-8-18(24)21-13-20(26)30-14-19(25)22-16-4-6-17(7-5-16)31(27,28)23-9-11-29-12-10-23/h4-7,15H,3,8-14H2,1-2H3,(H,21,24)(H,22,25). The second kappa shape index (κ2) is 11.8. The minimum atomic E-state index is -3.61. The zero-order chi connectivity index (χ0) is 22.9. The second-order valence-electron chi connectivity index (χ2n) is 7.46. The van der Waals surface area contributed by atoms with Gasteiger partial charge in [-0.15, -0.1) is 0 Å². The zero-order valence-electron chi connectivity index (χ0n) is 17.8. The molecule has 0 aromatic heterocycles. The van der Waals surface area contributed by atoms with E-state index in [1.54, 1.807) is 0 Å². The van der Waals surface area contributed by atoms with Crippen molar-refractivity contribution in [3.8, 4) is 0 Å². The highest BCUT2D eigenvalue weighted by Gasteiger charge is 2.26. The van der Waals surface area contributed by atoms with E-state index in [2.05, 4.69) is 10.6 Å². The van der Waals surface area contributed by atoms with Gasteiger partial charge in [0.05, 0.1) is 18.1 Å². The maximum absolute atomic E-state index is 12.6. The van der Waals surface area contributed by atoms with E-state index >= 15 is 0 Å². The number of anilines is 1. The number of ether oxygens (including phenoxy) is 2. The van der Waals surface area contributed by atoms with Gasteiger partial charge in [-0.2, -0.15) is 4.31 Å². The van der Waals surface area contributed by atoms with Gasteiger partial charge in [-0.1, -0.05) is 13.8 Å². The molecule has 172 valence electrons. The third kappa shape index (κ3) is 8.27. The Morgan fingerprint density at radius 1 is 1.10 bits per heavy atom. The first-order valence-corrected chi connectivity index (χ1v) is 11.5. The first-order chi connectivity index (χ1) is 14.7. The van der Waals surface area contributed by atoms with Crippen LogP contribution in [0.15, 0.2) is 29.2 Å². The van der Waals surface area contributed by atoms with E-state index < -0.39 is 28.5 Å². The third-order valence-corrected chi connectivity index (χ3v) is 6.40. The van der Waals surface area contributed by atoms with Gasteiger partial charge >= 0.3 is 5.97 Å². The molecule has 1 aliphatic rings. The predicted octanol–water partition coefficient (Wildman–Crippen LogP) is 0.742. The van der Waals surface area contributed by atoms with Gasteiger partial charge in [-0.25, -0.2) is 8.42 Å². The summed E-state index contributed by atoms with van der Waals surface area (Å²) in [6, 6.07) is 5.72. The molecule has 2 amide bonds. The molecule has 1 aromatic carbocycles. The number of carbonyl (C=O) groups excluding carboxylic acids is 3. The van der Waals surface area contributed by atoms with Crippen LogP contribution < -0.4 is 10.6 Å². The van der Waals surface area contributed by atoms with Crippen LogP contribution in [0.4, 0.5) is 5.69 Å². The van der Waals surface area contributed by atoms with Crippen molar-refractivity contribution in [1.29, 1.82) is 0 Å². The fourth-order valence-electron chi connectivity index (χ4n) is 2.72. The van der Waals surface area contributed by atoms with Crippen LogP contribution in [0, 0.1) is 5.92 Å². The van der Waals surface area contributed by atoms with Crippen LogP contribution in [0.1, 0.15) is 26.7 Å². The number of nitrogens with one attached hydrogen (secondary N) is 2. The maximum atomic E-state index is 12.6. The van der Waals surface area contributed by atoms with Gasteiger partial charge in [0, 0.05) is 25.2 Å². The van der Waals surface area contributed by atoms with Crippen molar-refractivity contribution in [2.45, 2.75) is 31.6 Å². The molecule has 0 atom stereocenters. The minimum absolute atomic E-state index is 0.118. The summed E-state index contributed by atoms with van der Waals surface area (Å²) in [7, 11) is -3.61. The number of benzene rings is 1. The van der Waals surface area contributed by atoms with Crippen molar-refractivity contribution in [2.24, 2.45) is 5.92 Å². The van der Waals surface area contributed by atoms with E-state index in [1.807, 2.05) is 13.8 Å². The van der Waals surface area contributed by atoms with Crippen LogP contribution in [-0.4, -0.2) is 70.0 Å². The van der Waals surface area contributed by atoms with Crippen molar-refractivity contribution in [3.05, 3.63) is 24.3 Å². The van der Waals surface area contributed by atoms with Gasteiger partial charge in [-0.05, 0) is 36.6 Å². The number of hydrogen-bond acceptors (Lipinski definition) is 7. The van der Waals surface area contributed by atoms with Gasteiger partial charge in [0.2, 0.25) is 15.9 Å². The topological polar surface area (TPSA) is 131 Å². The summed E-state index contributed by atoms with van der Waals surface area (Å²) in [5.41, 5.74) is 0.365. The molecule has 0 bridgehead atoms. The first kappa shape index (κ1) is 24.8. The molecule has 0 radical (unpaired) electrons. The molecule has 1 fully saturated rings. The molecule has 31 heavy (non-hydrogen) atoms. The highest BCUT2D eigenvalue weighted by molar-refractivity contribution is 7.89. The number of nitrogens with zero attached hydrogens (tertiary/aromatic N) is 1. The van der Waals surface area contributed by atoms with Crippen molar-refractivity contribution in [1.82, 2.24) is 9.62 Å². The Hall–Kier alpha value is -2.50. The third-order valence-electron chi connectivity index (χ3n) is 4.49. The summed E-state index contributed by atoms with van der Waals surface area (Å²) in [4.78, 5) is 35.3. The van der Waals surface area contributed by atoms with Crippen LogP contribution in [0.2, 0.25) is 0 Å². The Kier molecular flexibility index (Phi) is 9.41. The van der Waals surface area contributed by atoms with E-state index in [-0.39, 0.29) is 17.3 Å². The molecule has 2 rings (SSSR count). The van der Waals surface area contributed by atoms with E-state index in [4.69, 9.17) is 9.47 Å². The number of morpholine rings is 1. The summed E-state index contributed by atoms with van der Waals surface area (Å²) in [5, 5.41) is 4.97. The lowest BCUT2D eigenvalue weighted by atomic mass is 10.1. The number of amides is 2. The molecule has 1 aliphatic heterocycles. The lowest BCUT2D eigenvalue weighted by molar-refractivity contribution is -0.147. The monoisotopic (exact) mass is 455 g/mol. The molecule has 1 aromatic rings. The molecule has 0 saturated carbocycles. The van der Waals surface area contributed by atoms with Crippen LogP contribution in [0.25, 0.3) is 0 Å². The lowest BCUT2D eigenvalue weighted by Gasteiger charge is -2.26. The molecule has 0 spiro atoms. The summed E-state index contributed by atoms with van der Waals surface area (Å²) < 4.78 is 36.5. The average Bonchev–Trinajstić information content (AvgIpc) is 2.75. The van der Waals surface area contributed by atoms with Crippen LogP contribution >= 0.6 is 0 Å². The average molecular weight is 456 g/mol. The van der Waals surface area contributed by atoms with E-state index in [0.717, 1.165) is 6.42 Å². The molecule has 2 N–H and O–H groups in total. The van der Waals surface area contributed by atoms with Gasteiger partial charge in [-0.3, -0.25) is 14.4 Å². The van der Waals surface area contributed by atoms with Crippen LogP contribution in [0.3, 0.4) is 0 Å². The Balaban J connectivity index is 1.75. The molecular weight excluding hydrogens is 426 g/mol. The predicted molar refractivity (Wildman–Crippen MR) is 113 cm³/mol. The molecule has 0 aliphatic carbocycles. The molecule has 0 unspecified atom stereocenters. The Labute approximate surface area is 182 Å². The summed E-state index contributed by atoms with van der Waals surface area (Å²) in [5.74, 6) is -1.17. The fraction of sp³-hybridized carbons (Fsp3) is 0.550. The van der Waals surface area contributed by atoms with Crippen molar-refractivity contribution >= 4 is 33.5 Å². The van der Waals surface area contributed by atoms with Gasteiger partial charge < -0.3 is 20.1 Å². The largest absolute Gasteiger partial charge is 0.454 e. The molecule has 1 heterocycles. The lowest BCUT2D eigenvalue weighted by Crippen LogP contribution is -2.40.